The van der Waals surface area contributed by atoms with Crippen LogP contribution < -0.4 is 5.73 Å². The first-order chi connectivity index (χ1) is 8.20. The number of pyridine rings is 1. The van der Waals surface area contributed by atoms with E-state index in [4.69, 9.17) is 5.73 Å². The predicted molar refractivity (Wildman–Crippen MR) is 65.3 cm³/mol. The third-order valence-electron chi connectivity index (χ3n) is 2.61. The standard InChI is InChI=1S/C13H14N2O2/c1-17-13(16)8-10(14)12-7-6-9-4-2-3-5-11(9)15-12/h2-7,10H,8,14H2,1H3. The van der Waals surface area contributed by atoms with Gasteiger partial charge in [0.15, 0.2) is 0 Å². The molecule has 4 heteroatoms. The van der Waals surface area contributed by atoms with Crippen molar-refractivity contribution in [2.45, 2.75) is 12.5 Å². The molecule has 88 valence electrons. The molecule has 0 radical (unpaired) electrons. The summed E-state index contributed by atoms with van der Waals surface area (Å²) in [4.78, 5) is 15.6. The quantitative estimate of drug-likeness (QED) is 0.816. The minimum absolute atomic E-state index is 0.141. The van der Waals surface area contributed by atoms with Crippen molar-refractivity contribution >= 4 is 16.9 Å². The van der Waals surface area contributed by atoms with E-state index in [0.717, 1.165) is 10.9 Å². The molecule has 0 bridgehead atoms. The van der Waals surface area contributed by atoms with Gasteiger partial charge in [-0.2, -0.15) is 0 Å². The molecule has 0 aliphatic rings. The van der Waals surface area contributed by atoms with Gasteiger partial charge in [0.25, 0.3) is 0 Å². The number of hydrogen-bond donors (Lipinski definition) is 1. The van der Waals surface area contributed by atoms with Crippen molar-refractivity contribution < 1.29 is 9.53 Å². The van der Waals surface area contributed by atoms with E-state index >= 15 is 0 Å². The van der Waals surface area contributed by atoms with Crippen LogP contribution in [-0.2, 0) is 9.53 Å². The summed E-state index contributed by atoms with van der Waals surface area (Å²) in [5.74, 6) is -0.326. The van der Waals surface area contributed by atoms with E-state index in [2.05, 4.69) is 9.72 Å². The van der Waals surface area contributed by atoms with Gasteiger partial charge in [-0.1, -0.05) is 24.3 Å². The van der Waals surface area contributed by atoms with E-state index in [0.29, 0.717) is 5.69 Å². The van der Waals surface area contributed by atoms with Gasteiger partial charge in [0.05, 0.1) is 30.8 Å². The van der Waals surface area contributed by atoms with E-state index in [1.54, 1.807) is 0 Å². The minimum Gasteiger partial charge on any atom is -0.469 e. The van der Waals surface area contributed by atoms with Gasteiger partial charge >= 0.3 is 5.97 Å². The van der Waals surface area contributed by atoms with E-state index in [1.165, 1.54) is 7.11 Å². The number of nitrogens with two attached hydrogens (primary N) is 1. The summed E-state index contributed by atoms with van der Waals surface area (Å²) in [5, 5.41) is 1.06. The van der Waals surface area contributed by atoms with Crippen LogP contribution in [0.5, 0.6) is 0 Å². The second kappa shape index (κ2) is 4.93. The number of ether oxygens (including phenoxy) is 1. The number of fused-ring (bicyclic) bond motifs is 1. The molecule has 2 rings (SSSR count). The molecule has 0 fully saturated rings. The van der Waals surface area contributed by atoms with E-state index in [-0.39, 0.29) is 12.4 Å². The number of esters is 1. The molecule has 2 aromatic rings. The molecule has 1 aromatic carbocycles. The lowest BCUT2D eigenvalue weighted by atomic mass is 10.1. The van der Waals surface area contributed by atoms with Crippen LogP contribution in [0.25, 0.3) is 10.9 Å². The number of carbonyl (C=O) groups is 1. The molecule has 0 aliphatic carbocycles. The zero-order chi connectivity index (χ0) is 12.3. The molecule has 17 heavy (non-hydrogen) atoms. The Bertz CT molecular complexity index is 540. The molecule has 0 spiro atoms. The molecular weight excluding hydrogens is 216 g/mol. The number of nitrogens with zero attached hydrogens (tertiary/aromatic N) is 1. The second-order valence-corrected chi connectivity index (χ2v) is 3.82. The van der Waals surface area contributed by atoms with Crippen molar-refractivity contribution in [3.63, 3.8) is 0 Å². The number of hydrogen-bond acceptors (Lipinski definition) is 4. The largest absolute Gasteiger partial charge is 0.469 e. The van der Waals surface area contributed by atoms with Crippen molar-refractivity contribution in [3.8, 4) is 0 Å². The Hall–Kier alpha value is -1.94. The second-order valence-electron chi connectivity index (χ2n) is 3.82. The highest BCUT2D eigenvalue weighted by Crippen LogP contribution is 2.17. The summed E-state index contributed by atoms with van der Waals surface area (Å²) in [5.41, 5.74) is 7.48. The zero-order valence-corrected chi connectivity index (χ0v) is 9.59. The molecular formula is C13H14N2O2. The molecule has 1 atom stereocenters. The number of benzene rings is 1. The van der Waals surface area contributed by atoms with Crippen molar-refractivity contribution in [1.29, 1.82) is 0 Å². The maximum Gasteiger partial charge on any atom is 0.307 e. The molecule has 1 aromatic heterocycles. The van der Waals surface area contributed by atoms with E-state index in [9.17, 15) is 4.79 Å². The van der Waals surface area contributed by atoms with Crippen molar-refractivity contribution in [3.05, 3.63) is 42.1 Å². The van der Waals surface area contributed by atoms with Gasteiger partial charge in [0.1, 0.15) is 0 Å². The van der Waals surface area contributed by atoms with Gasteiger partial charge in [-0.15, -0.1) is 0 Å². The summed E-state index contributed by atoms with van der Waals surface area (Å²) in [7, 11) is 1.35. The highest BCUT2D eigenvalue weighted by molar-refractivity contribution is 5.78. The normalized spacial score (nSPS) is 12.4. The van der Waals surface area contributed by atoms with Crippen LogP contribution in [0.2, 0.25) is 0 Å². The van der Waals surface area contributed by atoms with Crippen LogP contribution in [0.3, 0.4) is 0 Å². The molecule has 1 unspecified atom stereocenters. The maximum atomic E-state index is 11.1. The number of carbonyl (C=O) groups excluding carboxylic acids is 1. The first kappa shape index (κ1) is 11.5. The fourth-order valence-electron chi connectivity index (χ4n) is 1.66. The Morgan fingerprint density at radius 2 is 2.12 bits per heavy atom. The number of methoxy groups -OCH3 is 1. The van der Waals surface area contributed by atoms with Crippen LogP contribution >= 0.6 is 0 Å². The topological polar surface area (TPSA) is 65.2 Å². The summed E-state index contributed by atoms with van der Waals surface area (Å²) in [6.45, 7) is 0. The van der Waals surface area contributed by atoms with Crippen molar-refractivity contribution in [1.82, 2.24) is 4.98 Å². The summed E-state index contributed by atoms with van der Waals surface area (Å²) >= 11 is 0. The number of rotatable bonds is 3. The Labute approximate surface area is 99.4 Å². The molecule has 0 aliphatic heterocycles. The third kappa shape index (κ3) is 2.60. The van der Waals surface area contributed by atoms with Gasteiger partial charge in [-0.25, -0.2) is 0 Å². The van der Waals surface area contributed by atoms with Crippen LogP contribution in [0, 0.1) is 0 Å². The highest BCUT2D eigenvalue weighted by atomic mass is 16.5. The van der Waals surface area contributed by atoms with Crippen molar-refractivity contribution in [2.75, 3.05) is 7.11 Å². The van der Waals surface area contributed by atoms with Crippen LogP contribution in [-0.4, -0.2) is 18.1 Å². The maximum absolute atomic E-state index is 11.1. The fraction of sp³-hybridized carbons (Fsp3) is 0.231. The fourth-order valence-corrected chi connectivity index (χ4v) is 1.66. The Morgan fingerprint density at radius 3 is 2.88 bits per heavy atom. The van der Waals surface area contributed by atoms with Gasteiger partial charge in [-0.3, -0.25) is 9.78 Å². The molecule has 1 heterocycles. The predicted octanol–water partition coefficient (Wildman–Crippen LogP) is 1.80. The Morgan fingerprint density at radius 1 is 1.35 bits per heavy atom. The minimum atomic E-state index is -0.424. The number of aromatic nitrogens is 1. The van der Waals surface area contributed by atoms with Crippen molar-refractivity contribution in [2.24, 2.45) is 5.73 Å². The average Bonchev–Trinajstić information content (AvgIpc) is 2.38. The van der Waals surface area contributed by atoms with Gasteiger partial charge < -0.3 is 10.5 Å². The number of para-hydroxylation sites is 1. The average molecular weight is 230 g/mol. The lowest BCUT2D eigenvalue weighted by Crippen LogP contribution is -2.17. The summed E-state index contributed by atoms with van der Waals surface area (Å²) in [6, 6.07) is 11.2. The summed E-state index contributed by atoms with van der Waals surface area (Å²) < 4.78 is 4.58. The molecule has 0 amide bonds. The van der Waals surface area contributed by atoms with E-state index < -0.39 is 6.04 Å². The van der Waals surface area contributed by atoms with Gasteiger partial charge in [0, 0.05) is 5.39 Å². The zero-order valence-electron chi connectivity index (χ0n) is 9.59. The van der Waals surface area contributed by atoms with Gasteiger partial charge in [0.2, 0.25) is 0 Å². The third-order valence-corrected chi connectivity index (χ3v) is 2.61. The van der Waals surface area contributed by atoms with Crippen LogP contribution in [0.15, 0.2) is 36.4 Å². The first-order valence-corrected chi connectivity index (χ1v) is 5.39. The lowest BCUT2D eigenvalue weighted by molar-refractivity contribution is -0.141. The first-order valence-electron chi connectivity index (χ1n) is 5.39. The molecule has 2 N–H and O–H groups in total. The Balaban J connectivity index is 2.26. The van der Waals surface area contributed by atoms with Gasteiger partial charge in [-0.05, 0) is 12.1 Å². The van der Waals surface area contributed by atoms with E-state index in [1.807, 2.05) is 36.4 Å². The smallest absolute Gasteiger partial charge is 0.307 e. The molecule has 0 saturated carbocycles. The summed E-state index contributed by atoms with van der Waals surface area (Å²) in [6.07, 6.45) is 0.141. The SMILES string of the molecule is COC(=O)CC(N)c1ccc2ccccc2n1. The highest BCUT2D eigenvalue weighted by Gasteiger charge is 2.13. The lowest BCUT2D eigenvalue weighted by Gasteiger charge is -2.10. The monoisotopic (exact) mass is 230 g/mol. The van der Waals surface area contributed by atoms with Crippen LogP contribution in [0.4, 0.5) is 0 Å². The molecule has 4 nitrogen and oxygen atoms in total. The van der Waals surface area contributed by atoms with Crippen LogP contribution in [0.1, 0.15) is 18.2 Å². The molecule has 0 saturated heterocycles. The Kier molecular flexibility index (Phi) is 3.35.